The summed E-state index contributed by atoms with van der Waals surface area (Å²) in [6.07, 6.45) is 8.44. The molecule has 2 atom stereocenters. The Balaban J connectivity index is 2.02. The van der Waals surface area contributed by atoms with Crippen LogP contribution in [-0.4, -0.2) is 28.8 Å². The van der Waals surface area contributed by atoms with Gasteiger partial charge in [0.05, 0.1) is 0 Å². The minimum absolute atomic E-state index is 0.622. The molecule has 0 amide bonds. The maximum absolute atomic E-state index is 10.8. The fourth-order valence-electron chi connectivity index (χ4n) is 2.23. The van der Waals surface area contributed by atoms with Crippen LogP contribution in [0.15, 0.2) is 0 Å². The molecular weight excluding hydrogens is 194 g/mol. The van der Waals surface area contributed by atoms with Crippen molar-refractivity contribution in [3.05, 3.63) is 0 Å². The van der Waals surface area contributed by atoms with Gasteiger partial charge in [0.25, 0.3) is 0 Å². The van der Waals surface area contributed by atoms with E-state index in [4.69, 9.17) is 0 Å². The fourth-order valence-corrected chi connectivity index (χ4v) is 2.78. The zero-order valence-corrected chi connectivity index (χ0v) is 10.2. The molecule has 1 aliphatic rings. The Morgan fingerprint density at radius 3 is 2.64 bits per heavy atom. The van der Waals surface area contributed by atoms with Crippen molar-refractivity contribution in [3.63, 3.8) is 0 Å². The molecule has 0 aliphatic heterocycles. The summed E-state index contributed by atoms with van der Waals surface area (Å²) < 4.78 is 10.8. The maximum atomic E-state index is 10.8. The molecule has 2 nitrogen and oxygen atoms in total. The molecule has 0 bridgehead atoms. The van der Waals surface area contributed by atoms with E-state index in [1.54, 1.807) is 6.26 Å². The van der Waals surface area contributed by atoms with Gasteiger partial charge in [0.2, 0.25) is 0 Å². The zero-order chi connectivity index (χ0) is 10.4. The lowest BCUT2D eigenvalue weighted by molar-refractivity contribution is 0.383. The average molecular weight is 217 g/mol. The van der Waals surface area contributed by atoms with Gasteiger partial charge in [-0.1, -0.05) is 12.8 Å². The van der Waals surface area contributed by atoms with E-state index in [9.17, 15) is 4.21 Å². The summed E-state index contributed by atoms with van der Waals surface area (Å²) in [6.45, 7) is 3.32. The van der Waals surface area contributed by atoms with Crippen LogP contribution in [0.2, 0.25) is 0 Å². The number of rotatable bonds is 6. The van der Waals surface area contributed by atoms with Gasteiger partial charge in [-0.2, -0.15) is 0 Å². The third-order valence-electron chi connectivity index (χ3n) is 3.18. The molecule has 3 heteroatoms. The Morgan fingerprint density at radius 2 is 2.07 bits per heavy atom. The molecule has 1 aliphatic carbocycles. The van der Waals surface area contributed by atoms with Crippen molar-refractivity contribution in [3.8, 4) is 0 Å². The smallest absolute Gasteiger partial charge is 0.0244 e. The van der Waals surface area contributed by atoms with Gasteiger partial charge in [-0.15, -0.1) is 0 Å². The number of hydrogen-bond donors (Lipinski definition) is 1. The molecule has 1 saturated carbocycles. The summed E-state index contributed by atoms with van der Waals surface area (Å²) in [5.74, 6) is 1.73. The summed E-state index contributed by atoms with van der Waals surface area (Å²) in [5, 5.41) is 3.55. The van der Waals surface area contributed by atoms with Gasteiger partial charge < -0.3 is 5.32 Å². The van der Waals surface area contributed by atoms with Gasteiger partial charge in [0, 0.05) is 28.9 Å². The second-order valence-electron chi connectivity index (χ2n) is 4.42. The Hall–Kier alpha value is 0.110. The third kappa shape index (κ3) is 4.56. The van der Waals surface area contributed by atoms with Crippen LogP contribution in [0.4, 0.5) is 0 Å². The normalized spacial score (nSPS) is 22.4. The van der Waals surface area contributed by atoms with Crippen molar-refractivity contribution in [1.29, 1.82) is 0 Å². The molecule has 0 aromatic rings. The highest BCUT2D eigenvalue weighted by Gasteiger charge is 2.20. The number of hydrogen-bond acceptors (Lipinski definition) is 2. The lowest BCUT2D eigenvalue weighted by Gasteiger charge is -2.20. The summed E-state index contributed by atoms with van der Waals surface area (Å²) in [7, 11) is -0.622. The first-order valence-corrected chi connectivity index (χ1v) is 7.46. The minimum Gasteiger partial charge on any atom is -0.314 e. The Labute approximate surface area is 90.3 Å². The molecule has 1 fully saturated rings. The summed E-state index contributed by atoms with van der Waals surface area (Å²) in [4.78, 5) is 0. The molecule has 0 saturated heterocycles. The Morgan fingerprint density at radius 1 is 1.43 bits per heavy atom. The monoisotopic (exact) mass is 217 g/mol. The topological polar surface area (TPSA) is 29.1 Å². The standard InChI is InChI=1S/C11H23NOS/c1-10(11-6-3-4-7-11)12-8-5-9-14(2)13/h10-12H,3-9H2,1-2H3. The lowest BCUT2D eigenvalue weighted by Crippen LogP contribution is -2.33. The van der Waals surface area contributed by atoms with Crippen molar-refractivity contribution < 1.29 is 4.21 Å². The molecule has 1 rings (SSSR count). The van der Waals surface area contributed by atoms with Crippen LogP contribution < -0.4 is 5.32 Å². The maximum Gasteiger partial charge on any atom is 0.0244 e. The van der Waals surface area contributed by atoms with Crippen LogP contribution in [0.3, 0.4) is 0 Å². The molecular formula is C11H23NOS. The van der Waals surface area contributed by atoms with E-state index in [2.05, 4.69) is 12.2 Å². The second kappa shape index (κ2) is 6.57. The van der Waals surface area contributed by atoms with Crippen molar-refractivity contribution in [1.82, 2.24) is 5.32 Å². The van der Waals surface area contributed by atoms with E-state index in [-0.39, 0.29) is 0 Å². The third-order valence-corrected chi connectivity index (χ3v) is 4.05. The van der Waals surface area contributed by atoms with Crippen molar-refractivity contribution in [2.75, 3.05) is 18.6 Å². The molecule has 1 N–H and O–H groups in total. The van der Waals surface area contributed by atoms with Gasteiger partial charge in [0.15, 0.2) is 0 Å². The van der Waals surface area contributed by atoms with Crippen LogP contribution in [0.1, 0.15) is 39.0 Å². The van der Waals surface area contributed by atoms with Crippen molar-refractivity contribution >= 4 is 10.8 Å². The van der Waals surface area contributed by atoms with Gasteiger partial charge in [-0.05, 0) is 38.6 Å². The molecule has 0 radical (unpaired) electrons. The Kier molecular flexibility index (Phi) is 5.71. The van der Waals surface area contributed by atoms with Crippen LogP contribution in [0, 0.1) is 5.92 Å². The highest BCUT2D eigenvalue weighted by atomic mass is 32.2. The van der Waals surface area contributed by atoms with Gasteiger partial charge in [0.1, 0.15) is 0 Å². The van der Waals surface area contributed by atoms with Gasteiger partial charge in [-0.25, -0.2) is 0 Å². The van der Waals surface area contributed by atoms with Gasteiger partial charge >= 0.3 is 0 Å². The highest BCUT2D eigenvalue weighted by molar-refractivity contribution is 7.84. The van der Waals surface area contributed by atoms with Crippen LogP contribution in [0.5, 0.6) is 0 Å². The van der Waals surface area contributed by atoms with Gasteiger partial charge in [-0.3, -0.25) is 4.21 Å². The van der Waals surface area contributed by atoms with Crippen molar-refractivity contribution in [2.45, 2.75) is 45.1 Å². The molecule has 0 spiro atoms. The predicted octanol–water partition coefficient (Wildman–Crippen LogP) is 1.92. The molecule has 0 heterocycles. The molecule has 2 unspecified atom stereocenters. The highest BCUT2D eigenvalue weighted by Crippen LogP contribution is 2.27. The first kappa shape index (κ1) is 12.2. The zero-order valence-electron chi connectivity index (χ0n) is 9.42. The molecule has 0 aromatic carbocycles. The predicted molar refractivity (Wildman–Crippen MR) is 63.0 cm³/mol. The fraction of sp³-hybridized carbons (Fsp3) is 1.00. The molecule has 0 aromatic heterocycles. The molecule has 84 valence electrons. The second-order valence-corrected chi connectivity index (χ2v) is 5.97. The first-order valence-electron chi connectivity index (χ1n) is 5.73. The summed E-state index contributed by atoms with van der Waals surface area (Å²) >= 11 is 0. The first-order chi connectivity index (χ1) is 6.70. The SMILES string of the molecule is CC(NCCCS(C)=O)C1CCCC1. The largest absolute Gasteiger partial charge is 0.314 e. The van der Waals surface area contributed by atoms with Crippen molar-refractivity contribution in [2.24, 2.45) is 5.92 Å². The Bertz CT molecular complexity index is 178. The summed E-state index contributed by atoms with van der Waals surface area (Å²) in [5.41, 5.74) is 0. The number of nitrogens with one attached hydrogen (secondary N) is 1. The minimum atomic E-state index is -0.622. The van der Waals surface area contributed by atoms with E-state index in [1.807, 2.05) is 0 Å². The van der Waals surface area contributed by atoms with E-state index >= 15 is 0 Å². The molecule has 14 heavy (non-hydrogen) atoms. The van der Waals surface area contributed by atoms with E-state index in [1.165, 1.54) is 25.7 Å². The quantitative estimate of drug-likeness (QED) is 0.689. The summed E-state index contributed by atoms with van der Waals surface area (Å²) in [6, 6.07) is 0.655. The van der Waals surface area contributed by atoms with E-state index in [0.29, 0.717) is 6.04 Å². The lowest BCUT2D eigenvalue weighted by atomic mass is 10.00. The van der Waals surface area contributed by atoms with E-state index in [0.717, 1.165) is 24.6 Å². The van der Waals surface area contributed by atoms with Crippen LogP contribution in [-0.2, 0) is 10.8 Å². The van der Waals surface area contributed by atoms with Crippen LogP contribution in [0.25, 0.3) is 0 Å². The van der Waals surface area contributed by atoms with Crippen LogP contribution >= 0.6 is 0 Å². The average Bonchev–Trinajstić information content (AvgIpc) is 2.64. The van der Waals surface area contributed by atoms with E-state index < -0.39 is 10.8 Å².